The van der Waals surface area contributed by atoms with Gasteiger partial charge in [0, 0.05) is 7.05 Å². The van der Waals surface area contributed by atoms with Crippen molar-refractivity contribution in [2.75, 3.05) is 19.4 Å². The number of nitrogens with two attached hydrogens (primary N) is 1. The van der Waals surface area contributed by atoms with Gasteiger partial charge in [0.15, 0.2) is 5.82 Å². The quantitative estimate of drug-likeness (QED) is 0.777. The average Bonchev–Trinajstić information content (AvgIpc) is 2.86. The summed E-state index contributed by atoms with van der Waals surface area (Å²) in [6, 6.07) is 7.21. The number of ether oxygens (including phenoxy) is 1. The van der Waals surface area contributed by atoms with Crippen molar-refractivity contribution in [1.82, 2.24) is 20.1 Å². The molecule has 0 atom stereocenters. The number of hydrogen-bond donors (Lipinski definition) is 2. The Kier molecular flexibility index (Phi) is 4.76. The van der Waals surface area contributed by atoms with Crippen LogP contribution in [0.3, 0.4) is 0 Å². The van der Waals surface area contributed by atoms with Crippen LogP contribution in [-0.2, 0) is 11.3 Å². The lowest BCUT2D eigenvalue weighted by Gasteiger charge is -2.15. The minimum atomic E-state index is -0.0352. The van der Waals surface area contributed by atoms with E-state index in [0.29, 0.717) is 23.8 Å². The zero-order valence-electron chi connectivity index (χ0n) is 12.2. The Morgan fingerprint density at radius 2 is 2.19 bits per heavy atom. The van der Waals surface area contributed by atoms with Crippen LogP contribution in [0.5, 0.6) is 5.75 Å². The van der Waals surface area contributed by atoms with Crippen molar-refractivity contribution in [3.8, 4) is 5.75 Å². The summed E-state index contributed by atoms with van der Waals surface area (Å²) in [5, 5.41) is 6.75. The zero-order valence-corrected chi connectivity index (χ0v) is 12.2. The van der Waals surface area contributed by atoms with Crippen LogP contribution in [0.25, 0.3) is 0 Å². The summed E-state index contributed by atoms with van der Waals surface area (Å²) < 4.78 is 5.50. The van der Waals surface area contributed by atoms with Crippen molar-refractivity contribution >= 4 is 11.6 Å². The van der Waals surface area contributed by atoms with Gasteiger partial charge >= 0.3 is 0 Å². The van der Waals surface area contributed by atoms with E-state index >= 15 is 0 Å². The van der Waals surface area contributed by atoms with Gasteiger partial charge in [-0.05, 0) is 19.1 Å². The second-order valence-electron chi connectivity index (χ2n) is 4.72. The predicted molar refractivity (Wildman–Crippen MR) is 78.6 cm³/mol. The lowest BCUT2D eigenvalue weighted by molar-refractivity contribution is -0.131. The van der Waals surface area contributed by atoms with Crippen LogP contribution in [0.4, 0.5) is 5.69 Å². The lowest BCUT2D eigenvalue weighted by atomic mass is 10.3. The fourth-order valence-electron chi connectivity index (χ4n) is 1.81. The molecule has 0 saturated carbocycles. The van der Waals surface area contributed by atoms with Crippen LogP contribution < -0.4 is 10.5 Å². The van der Waals surface area contributed by atoms with E-state index in [2.05, 4.69) is 15.2 Å². The number of anilines is 1. The number of para-hydroxylation sites is 2. The number of hydrogen-bond acceptors (Lipinski definition) is 5. The van der Waals surface area contributed by atoms with Crippen molar-refractivity contribution in [2.45, 2.75) is 19.9 Å². The molecule has 1 heterocycles. The van der Waals surface area contributed by atoms with Gasteiger partial charge in [-0.1, -0.05) is 12.1 Å². The van der Waals surface area contributed by atoms with Crippen molar-refractivity contribution in [2.24, 2.45) is 0 Å². The van der Waals surface area contributed by atoms with E-state index in [-0.39, 0.29) is 18.9 Å². The molecule has 0 fully saturated rings. The lowest BCUT2D eigenvalue weighted by Crippen LogP contribution is -2.28. The van der Waals surface area contributed by atoms with E-state index < -0.39 is 0 Å². The van der Waals surface area contributed by atoms with Crippen LogP contribution in [0.1, 0.15) is 18.1 Å². The Bertz CT molecular complexity index is 611. The van der Waals surface area contributed by atoms with Crippen LogP contribution in [0.2, 0.25) is 0 Å². The Morgan fingerprint density at radius 1 is 1.43 bits per heavy atom. The number of rotatable bonds is 6. The summed E-state index contributed by atoms with van der Waals surface area (Å²) in [5.74, 6) is 1.88. The number of carbonyl (C=O) groups is 1. The van der Waals surface area contributed by atoms with Crippen molar-refractivity contribution in [3.05, 3.63) is 35.9 Å². The average molecular weight is 289 g/mol. The van der Waals surface area contributed by atoms with Gasteiger partial charge in [0.25, 0.3) is 0 Å². The molecule has 21 heavy (non-hydrogen) atoms. The largest absolute Gasteiger partial charge is 0.491 e. The standard InChI is InChI=1S/C14H19N5O2/c1-10-16-13(18-17-10)9-19(2)14(20)7-8-21-12-6-4-3-5-11(12)15/h3-6H,7-9,15H2,1-2H3,(H,16,17,18). The van der Waals surface area contributed by atoms with Gasteiger partial charge in [0.05, 0.1) is 25.3 Å². The van der Waals surface area contributed by atoms with Gasteiger partial charge < -0.3 is 15.4 Å². The highest BCUT2D eigenvalue weighted by Crippen LogP contribution is 2.19. The molecule has 0 bridgehead atoms. The second kappa shape index (κ2) is 6.74. The number of carbonyl (C=O) groups excluding carboxylic acids is 1. The van der Waals surface area contributed by atoms with Gasteiger partial charge in [-0.25, -0.2) is 4.98 Å². The second-order valence-corrected chi connectivity index (χ2v) is 4.72. The summed E-state index contributed by atoms with van der Waals surface area (Å²) >= 11 is 0. The molecule has 1 amide bonds. The maximum Gasteiger partial charge on any atom is 0.226 e. The van der Waals surface area contributed by atoms with Crippen molar-refractivity contribution in [3.63, 3.8) is 0 Å². The molecule has 7 nitrogen and oxygen atoms in total. The SMILES string of the molecule is Cc1nc(CN(C)C(=O)CCOc2ccccc2N)n[nH]1. The molecular weight excluding hydrogens is 270 g/mol. The molecule has 0 saturated heterocycles. The van der Waals surface area contributed by atoms with E-state index in [1.165, 1.54) is 0 Å². The topological polar surface area (TPSA) is 97.1 Å². The molecular formula is C14H19N5O2. The van der Waals surface area contributed by atoms with E-state index in [1.807, 2.05) is 19.1 Å². The number of nitrogen functional groups attached to an aromatic ring is 1. The van der Waals surface area contributed by atoms with Gasteiger partial charge in [0.2, 0.25) is 5.91 Å². The number of aromatic amines is 1. The number of amides is 1. The van der Waals surface area contributed by atoms with Crippen molar-refractivity contribution in [1.29, 1.82) is 0 Å². The number of nitrogens with zero attached hydrogens (tertiary/aromatic N) is 3. The third-order valence-corrected chi connectivity index (χ3v) is 2.94. The van der Waals surface area contributed by atoms with Crippen LogP contribution in [0, 0.1) is 6.92 Å². The molecule has 0 unspecified atom stereocenters. The minimum absolute atomic E-state index is 0.0352. The first kappa shape index (κ1) is 14.8. The Morgan fingerprint density at radius 3 is 2.86 bits per heavy atom. The first-order valence-corrected chi connectivity index (χ1v) is 6.65. The third-order valence-electron chi connectivity index (χ3n) is 2.94. The first-order chi connectivity index (χ1) is 10.1. The van der Waals surface area contributed by atoms with Gasteiger partial charge in [0.1, 0.15) is 11.6 Å². The molecule has 0 aliphatic rings. The molecule has 2 rings (SSSR count). The molecule has 2 aromatic rings. The van der Waals surface area contributed by atoms with Crippen LogP contribution in [0.15, 0.2) is 24.3 Å². The molecule has 3 N–H and O–H groups in total. The maximum atomic E-state index is 12.0. The van der Waals surface area contributed by atoms with Gasteiger partial charge in [-0.15, -0.1) is 0 Å². The minimum Gasteiger partial charge on any atom is -0.491 e. The first-order valence-electron chi connectivity index (χ1n) is 6.65. The van der Waals surface area contributed by atoms with Crippen molar-refractivity contribution < 1.29 is 9.53 Å². The summed E-state index contributed by atoms with van der Waals surface area (Å²) in [6.07, 6.45) is 0.272. The number of aromatic nitrogens is 3. The molecule has 0 aliphatic heterocycles. The molecule has 0 aliphatic carbocycles. The Hall–Kier alpha value is -2.57. The number of aryl methyl sites for hydroxylation is 1. The van der Waals surface area contributed by atoms with E-state index in [4.69, 9.17) is 10.5 Å². The Balaban J connectivity index is 1.77. The van der Waals surface area contributed by atoms with Gasteiger partial charge in [-0.3, -0.25) is 9.89 Å². The molecule has 112 valence electrons. The van der Waals surface area contributed by atoms with Crippen LogP contribution >= 0.6 is 0 Å². The Labute approximate surface area is 123 Å². The normalized spacial score (nSPS) is 10.4. The molecule has 1 aromatic heterocycles. The summed E-state index contributed by atoms with van der Waals surface area (Å²) in [6.45, 7) is 2.47. The van der Waals surface area contributed by atoms with Crippen LogP contribution in [-0.4, -0.2) is 39.6 Å². The fourth-order valence-corrected chi connectivity index (χ4v) is 1.81. The summed E-state index contributed by atoms with van der Waals surface area (Å²) in [5.41, 5.74) is 6.33. The third kappa shape index (κ3) is 4.20. The highest BCUT2D eigenvalue weighted by Gasteiger charge is 2.12. The number of H-pyrrole nitrogens is 1. The highest BCUT2D eigenvalue weighted by molar-refractivity contribution is 5.75. The number of benzene rings is 1. The molecule has 0 radical (unpaired) electrons. The smallest absolute Gasteiger partial charge is 0.226 e. The molecule has 1 aromatic carbocycles. The van der Waals surface area contributed by atoms with Gasteiger partial charge in [-0.2, -0.15) is 5.10 Å². The maximum absolute atomic E-state index is 12.0. The summed E-state index contributed by atoms with van der Waals surface area (Å²) in [7, 11) is 1.71. The highest BCUT2D eigenvalue weighted by atomic mass is 16.5. The van der Waals surface area contributed by atoms with E-state index in [9.17, 15) is 4.79 Å². The monoisotopic (exact) mass is 289 g/mol. The fraction of sp³-hybridized carbons (Fsp3) is 0.357. The van der Waals surface area contributed by atoms with E-state index in [1.54, 1.807) is 24.1 Å². The molecule has 0 spiro atoms. The predicted octanol–water partition coefficient (Wildman–Crippen LogP) is 1.12. The summed E-state index contributed by atoms with van der Waals surface area (Å²) in [4.78, 5) is 17.7. The zero-order chi connectivity index (χ0) is 15.2. The molecule has 7 heteroatoms. The number of nitrogens with one attached hydrogen (secondary N) is 1. The van der Waals surface area contributed by atoms with E-state index in [0.717, 1.165) is 5.82 Å².